The molecule has 1 aliphatic heterocycles. The van der Waals surface area contributed by atoms with E-state index >= 15 is 0 Å². The number of ether oxygens (including phenoxy) is 1. The maximum Gasteiger partial charge on any atom is 0.165 e. The Balaban J connectivity index is 2.52. The van der Waals surface area contributed by atoms with Crippen molar-refractivity contribution in [1.29, 1.82) is 0 Å². The number of hydrogen-bond donors (Lipinski definition) is 3. The van der Waals surface area contributed by atoms with Crippen LogP contribution in [0.15, 0.2) is 0 Å². The number of nitrogens with two attached hydrogens (primary N) is 1. The van der Waals surface area contributed by atoms with Crippen LogP contribution in [0.3, 0.4) is 0 Å². The molecule has 13 heavy (non-hydrogen) atoms. The molecule has 4 N–H and O–H groups in total. The average Bonchev–Trinajstić information content (AvgIpc) is 2.12. The zero-order valence-corrected chi connectivity index (χ0v) is 8.07. The van der Waals surface area contributed by atoms with Crippen LogP contribution in [0.4, 0.5) is 0 Å². The van der Waals surface area contributed by atoms with E-state index in [-0.39, 0.29) is 6.10 Å². The number of rotatable bonds is 3. The second-order valence-corrected chi connectivity index (χ2v) is 3.64. The van der Waals surface area contributed by atoms with Gasteiger partial charge in [-0.15, -0.1) is 0 Å². The Bertz CT molecular complexity index is 165. The van der Waals surface area contributed by atoms with Gasteiger partial charge in [0.1, 0.15) is 0 Å². The molecule has 3 atom stereocenters. The topological polar surface area (TPSA) is 75.7 Å². The van der Waals surface area contributed by atoms with Gasteiger partial charge in [0.25, 0.3) is 0 Å². The minimum absolute atomic E-state index is 0.302. The molecule has 3 unspecified atom stereocenters. The van der Waals surface area contributed by atoms with Crippen molar-refractivity contribution in [3.05, 3.63) is 0 Å². The fourth-order valence-corrected chi connectivity index (χ4v) is 1.65. The predicted octanol–water partition coefficient (Wildman–Crippen LogP) is -0.0263. The summed E-state index contributed by atoms with van der Waals surface area (Å²) < 4.78 is 5.40. The SMILES string of the molecule is CCC1(O)CCC(O)C(CCN)O1. The van der Waals surface area contributed by atoms with Crippen LogP contribution in [0.1, 0.15) is 32.6 Å². The molecule has 1 aliphatic rings. The van der Waals surface area contributed by atoms with Crippen LogP contribution in [-0.2, 0) is 4.74 Å². The molecule has 0 bridgehead atoms. The van der Waals surface area contributed by atoms with Crippen molar-refractivity contribution in [2.75, 3.05) is 6.54 Å². The Morgan fingerprint density at radius 2 is 2.31 bits per heavy atom. The lowest BCUT2D eigenvalue weighted by Gasteiger charge is -2.39. The summed E-state index contributed by atoms with van der Waals surface area (Å²) in [5.41, 5.74) is 5.38. The lowest BCUT2D eigenvalue weighted by atomic mass is 9.95. The van der Waals surface area contributed by atoms with E-state index in [1.165, 1.54) is 0 Å². The van der Waals surface area contributed by atoms with Gasteiger partial charge < -0.3 is 20.7 Å². The highest BCUT2D eigenvalue weighted by atomic mass is 16.6. The minimum Gasteiger partial charge on any atom is -0.390 e. The van der Waals surface area contributed by atoms with Crippen LogP contribution in [0.2, 0.25) is 0 Å². The molecule has 78 valence electrons. The van der Waals surface area contributed by atoms with Crippen molar-refractivity contribution in [3.63, 3.8) is 0 Å². The summed E-state index contributed by atoms with van der Waals surface area (Å²) in [5.74, 6) is -1.04. The van der Waals surface area contributed by atoms with E-state index in [1.54, 1.807) is 0 Å². The maximum absolute atomic E-state index is 9.82. The van der Waals surface area contributed by atoms with Crippen molar-refractivity contribution >= 4 is 0 Å². The van der Waals surface area contributed by atoms with E-state index in [0.717, 1.165) is 0 Å². The molecule has 0 saturated carbocycles. The quantitative estimate of drug-likeness (QED) is 0.583. The van der Waals surface area contributed by atoms with Crippen molar-refractivity contribution in [2.24, 2.45) is 5.73 Å². The smallest absolute Gasteiger partial charge is 0.165 e. The second-order valence-electron chi connectivity index (χ2n) is 3.64. The zero-order chi connectivity index (χ0) is 9.90. The van der Waals surface area contributed by atoms with Crippen LogP contribution in [-0.4, -0.2) is 34.8 Å². The van der Waals surface area contributed by atoms with Crippen molar-refractivity contribution in [3.8, 4) is 0 Å². The predicted molar refractivity (Wildman–Crippen MR) is 49.0 cm³/mol. The van der Waals surface area contributed by atoms with Gasteiger partial charge in [0.15, 0.2) is 5.79 Å². The van der Waals surface area contributed by atoms with Crippen LogP contribution >= 0.6 is 0 Å². The van der Waals surface area contributed by atoms with E-state index in [0.29, 0.717) is 32.2 Å². The van der Waals surface area contributed by atoms with Gasteiger partial charge in [-0.25, -0.2) is 0 Å². The van der Waals surface area contributed by atoms with Gasteiger partial charge in [0.05, 0.1) is 12.2 Å². The van der Waals surface area contributed by atoms with E-state index < -0.39 is 11.9 Å². The molecule has 0 aliphatic carbocycles. The van der Waals surface area contributed by atoms with E-state index in [4.69, 9.17) is 10.5 Å². The third-order valence-corrected chi connectivity index (χ3v) is 2.63. The highest BCUT2D eigenvalue weighted by Gasteiger charge is 2.37. The molecular weight excluding hydrogens is 170 g/mol. The van der Waals surface area contributed by atoms with E-state index in [9.17, 15) is 10.2 Å². The summed E-state index contributed by atoms with van der Waals surface area (Å²) in [4.78, 5) is 0. The highest BCUT2D eigenvalue weighted by molar-refractivity contribution is 4.82. The summed E-state index contributed by atoms with van der Waals surface area (Å²) in [6.07, 6.45) is 1.48. The first kappa shape index (κ1) is 10.9. The molecule has 0 aromatic rings. The Morgan fingerprint density at radius 3 is 2.85 bits per heavy atom. The van der Waals surface area contributed by atoms with Gasteiger partial charge in [0.2, 0.25) is 0 Å². The number of aliphatic hydroxyl groups is 2. The third-order valence-electron chi connectivity index (χ3n) is 2.63. The van der Waals surface area contributed by atoms with Gasteiger partial charge in [-0.1, -0.05) is 6.92 Å². The summed E-state index contributed by atoms with van der Waals surface area (Å²) >= 11 is 0. The molecule has 1 rings (SSSR count). The minimum atomic E-state index is -1.04. The highest BCUT2D eigenvalue weighted by Crippen LogP contribution is 2.30. The van der Waals surface area contributed by atoms with Gasteiger partial charge in [-0.05, 0) is 25.8 Å². The fourth-order valence-electron chi connectivity index (χ4n) is 1.65. The normalized spacial score (nSPS) is 40.6. The van der Waals surface area contributed by atoms with E-state index in [2.05, 4.69) is 0 Å². The first-order chi connectivity index (χ1) is 6.11. The molecule has 0 spiro atoms. The molecule has 4 heteroatoms. The van der Waals surface area contributed by atoms with Crippen molar-refractivity contribution in [1.82, 2.24) is 0 Å². The Kier molecular flexibility index (Phi) is 3.67. The summed E-state index contributed by atoms with van der Waals surface area (Å²) in [6, 6.07) is 0. The summed E-state index contributed by atoms with van der Waals surface area (Å²) in [7, 11) is 0. The van der Waals surface area contributed by atoms with Gasteiger partial charge in [-0.2, -0.15) is 0 Å². The Morgan fingerprint density at radius 1 is 1.62 bits per heavy atom. The van der Waals surface area contributed by atoms with Gasteiger partial charge in [-0.3, -0.25) is 0 Å². The van der Waals surface area contributed by atoms with Gasteiger partial charge in [0, 0.05) is 6.42 Å². The van der Waals surface area contributed by atoms with Crippen LogP contribution in [0, 0.1) is 0 Å². The molecule has 1 fully saturated rings. The number of aliphatic hydroxyl groups excluding tert-OH is 1. The third kappa shape index (κ3) is 2.64. The molecule has 1 saturated heterocycles. The lowest BCUT2D eigenvalue weighted by Crippen LogP contribution is -2.47. The lowest BCUT2D eigenvalue weighted by molar-refractivity contribution is -0.278. The molecule has 0 amide bonds. The molecule has 0 aromatic heterocycles. The largest absolute Gasteiger partial charge is 0.390 e. The van der Waals surface area contributed by atoms with Crippen molar-refractivity contribution in [2.45, 2.75) is 50.6 Å². The van der Waals surface area contributed by atoms with Crippen LogP contribution in [0.5, 0.6) is 0 Å². The fraction of sp³-hybridized carbons (Fsp3) is 1.00. The average molecular weight is 189 g/mol. The maximum atomic E-state index is 9.82. The molecule has 4 nitrogen and oxygen atoms in total. The Hall–Kier alpha value is -0.160. The standard InChI is InChI=1S/C9H19NO3/c1-2-9(12)5-3-7(11)8(13-9)4-6-10/h7-8,11-12H,2-6,10H2,1H3. The summed E-state index contributed by atoms with van der Waals surface area (Å²) in [5, 5.41) is 19.4. The second kappa shape index (κ2) is 4.37. The van der Waals surface area contributed by atoms with Gasteiger partial charge >= 0.3 is 0 Å². The molecular formula is C9H19NO3. The monoisotopic (exact) mass is 189 g/mol. The van der Waals surface area contributed by atoms with Crippen LogP contribution in [0.25, 0.3) is 0 Å². The zero-order valence-electron chi connectivity index (χ0n) is 8.07. The molecule has 1 heterocycles. The Labute approximate surface area is 78.7 Å². The van der Waals surface area contributed by atoms with Crippen LogP contribution < -0.4 is 5.73 Å². The first-order valence-electron chi connectivity index (χ1n) is 4.89. The van der Waals surface area contributed by atoms with Crippen molar-refractivity contribution < 1.29 is 14.9 Å². The molecule has 0 radical (unpaired) electrons. The number of hydrogen-bond acceptors (Lipinski definition) is 4. The van der Waals surface area contributed by atoms with E-state index in [1.807, 2.05) is 6.92 Å². The molecule has 0 aromatic carbocycles. The first-order valence-corrected chi connectivity index (χ1v) is 4.89. The summed E-state index contributed by atoms with van der Waals surface area (Å²) in [6.45, 7) is 2.35.